The van der Waals surface area contributed by atoms with Crippen LogP contribution in [0, 0.1) is 0 Å². The average molecular weight is 607 g/mol. The maximum Gasteiger partial charge on any atom is 0.261 e. The maximum absolute atomic E-state index is 11.5. The molecular weight excluding hydrogens is 557 g/mol. The second kappa shape index (κ2) is 13.7. The zero-order valence-electron chi connectivity index (χ0n) is 26.5. The van der Waals surface area contributed by atoms with Crippen molar-refractivity contribution in [1.29, 1.82) is 0 Å². The molecule has 0 amide bonds. The van der Waals surface area contributed by atoms with Crippen molar-refractivity contribution in [2.45, 2.75) is 95.7 Å². The van der Waals surface area contributed by atoms with Crippen LogP contribution in [0.1, 0.15) is 46.1 Å². The van der Waals surface area contributed by atoms with Gasteiger partial charge in [0.2, 0.25) is 0 Å². The molecular formula is C35H50O5Si2. The molecule has 0 radical (unpaired) electrons. The minimum atomic E-state index is -2.77. The van der Waals surface area contributed by atoms with Gasteiger partial charge in [0.05, 0.1) is 31.0 Å². The van der Waals surface area contributed by atoms with E-state index in [0.29, 0.717) is 32.7 Å². The third-order valence-corrected chi connectivity index (χ3v) is 14.2. The number of rotatable bonds is 12. The summed E-state index contributed by atoms with van der Waals surface area (Å²) in [6.45, 7) is 16.9. The summed E-state index contributed by atoms with van der Waals surface area (Å²) in [5.41, 5.74) is 0.545. The minimum absolute atomic E-state index is 0.157. The van der Waals surface area contributed by atoms with Crippen molar-refractivity contribution >= 4 is 27.0 Å². The normalized spacial score (nSPS) is 23.6. The first-order chi connectivity index (χ1) is 19.8. The monoisotopic (exact) mass is 606 g/mol. The van der Waals surface area contributed by atoms with Crippen LogP contribution in [0.5, 0.6) is 0 Å². The Morgan fingerprint density at radius 1 is 0.857 bits per heavy atom. The molecule has 0 bridgehead atoms. The molecule has 0 aromatic heterocycles. The molecule has 0 unspecified atom stereocenters. The SMILES string of the molecule is CC(C)(C)[Si](OC[C@H]1O[C@@H](CCOCc2ccccc2)[C@](C)(O[Si](C)(C)C)C[C@@H]1O)(c1ccccc1)c1ccccc1. The summed E-state index contributed by atoms with van der Waals surface area (Å²) >= 11 is 0. The Morgan fingerprint density at radius 2 is 1.38 bits per heavy atom. The summed E-state index contributed by atoms with van der Waals surface area (Å²) in [6, 6.07) is 31.4. The van der Waals surface area contributed by atoms with Crippen molar-refractivity contribution in [3.8, 4) is 0 Å². The third-order valence-electron chi connectivity index (χ3n) is 8.12. The second-order valence-electron chi connectivity index (χ2n) is 13.8. The number of aliphatic hydroxyl groups is 1. The van der Waals surface area contributed by atoms with E-state index in [1.54, 1.807) is 0 Å². The molecule has 5 nitrogen and oxygen atoms in total. The molecule has 4 atom stereocenters. The molecule has 1 heterocycles. The van der Waals surface area contributed by atoms with E-state index in [2.05, 4.69) is 108 Å². The molecule has 1 saturated heterocycles. The fourth-order valence-corrected chi connectivity index (χ4v) is 12.6. The summed E-state index contributed by atoms with van der Waals surface area (Å²) in [6.07, 6.45) is -0.225. The lowest BCUT2D eigenvalue weighted by Gasteiger charge is -2.50. The zero-order chi connectivity index (χ0) is 30.4. The highest BCUT2D eigenvalue weighted by Gasteiger charge is 2.52. The van der Waals surface area contributed by atoms with E-state index in [4.69, 9.17) is 18.3 Å². The van der Waals surface area contributed by atoms with Crippen LogP contribution in [0.2, 0.25) is 24.7 Å². The first kappa shape index (κ1) is 32.8. The highest BCUT2D eigenvalue weighted by molar-refractivity contribution is 6.99. The van der Waals surface area contributed by atoms with Gasteiger partial charge in [0.1, 0.15) is 6.10 Å². The van der Waals surface area contributed by atoms with Gasteiger partial charge in [0.15, 0.2) is 8.32 Å². The van der Waals surface area contributed by atoms with Crippen LogP contribution in [-0.2, 0) is 24.9 Å². The lowest BCUT2D eigenvalue weighted by Crippen LogP contribution is -2.68. The minimum Gasteiger partial charge on any atom is -0.410 e. The Balaban J connectivity index is 1.57. The van der Waals surface area contributed by atoms with Gasteiger partial charge in [-0.25, -0.2) is 0 Å². The molecule has 228 valence electrons. The molecule has 4 rings (SSSR count). The molecule has 1 fully saturated rings. The van der Waals surface area contributed by atoms with E-state index in [1.165, 1.54) is 10.4 Å². The van der Waals surface area contributed by atoms with Crippen molar-refractivity contribution in [1.82, 2.24) is 0 Å². The van der Waals surface area contributed by atoms with E-state index >= 15 is 0 Å². The van der Waals surface area contributed by atoms with E-state index < -0.39 is 34.4 Å². The number of benzene rings is 3. The third kappa shape index (κ3) is 7.88. The zero-order valence-corrected chi connectivity index (χ0v) is 28.5. The molecule has 1 aliphatic rings. The first-order valence-corrected chi connectivity index (χ1v) is 20.6. The van der Waals surface area contributed by atoms with Gasteiger partial charge in [0.25, 0.3) is 8.32 Å². The van der Waals surface area contributed by atoms with Crippen molar-refractivity contribution in [3.63, 3.8) is 0 Å². The van der Waals surface area contributed by atoms with Gasteiger partial charge >= 0.3 is 0 Å². The van der Waals surface area contributed by atoms with E-state index in [9.17, 15) is 5.11 Å². The molecule has 3 aromatic rings. The van der Waals surface area contributed by atoms with Crippen LogP contribution < -0.4 is 10.4 Å². The summed E-state index contributed by atoms with van der Waals surface area (Å²) < 4.78 is 26.7. The van der Waals surface area contributed by atoms with Crippen molar-refractivity contribution in [2.75, 3.05) is 13.2 Å². The highest BCUT2D eigenvalue weighted by atomic mass is 28.4. The topological polar surface area (TPSA) is 57.2 Å². The quantitative estimate of drug-likeness (QED) is 0.194. The molecule has 1 N–H and O–H groups in total. The van der Waals surface area contributed by atoms with Crippen molar-refractivity contribution in [2.24, 2.45) is 0 Å². The van der Waals surface area contributed by atoms with Gasteiger partial charge in [-0.3, -0.25) is 0 Å². The van der Waals surface area contributed by atoms with Gasteiger partial charge in [-0.1, -0.05) is 112 Å². The van der Waals surface area contributed by atoms with Crippen LogP contribution in [0.25, 0.3) is 0 Å². The molecule has 0 aliphatic carbocycles. The smallest absolute Gasteiger partial charge is 0.261 e. The van der Waals surface area contributed by atoms with Crippen LogP contribution in [0.15, 0.2) is 91.0 Å². The molecule has 3 aromatic carbocycles. The van der Waals surface area contributed by atoms with Crippen molar-refractivity contribution in [3.05, 3.63) is 96.6 Å². The van der Waals surface area contributed by atoms with Gasteiger partial charge in [-0.2, -0.15) is 0 Å². The number of hydrogen-bond acceptors (Lipinski definition) is 5. The Bertz CT molecular complexity index is 1190. The maximum atomic E-state index is 11.5. The summed E-state index contributed by atoms with van der Waals surface area (Å²) in [5.74, 6) is 0. The summed E-state index contributed by atoms with van der Waals surface area (Å²) in [7, 11) is -4.70. The van der Waals surface area contributed by atoms with Gasteiger partial charge in [-0.05, 0) is 54.0 Å². The van der Waals surface area contributed by atoms with Crippen LogP contribution >= 0.6 is 0 Å². The molecule has 0 saturated carbocycles. The summed E-state index contributed by atoms with van der Waals surface area (Å²) in [4.78, 5) is 0. The number of ether oxygens (including phenoxy) is 2. The lowest BCUT2D eigenvalue weighted by molar-refractivity contribution is -0.213. The fraction of sp³-hybridized carbons (Fsp3) is 0.486. The molecule has 0 spiro atoms. The fourth-order valence-electron chi connectivity index (χ4n) is 6.38. The lowest BCUT2D eigenvalue weighted by atomic mass is 9.85. The van der Waals surface area contributed by atoms with E-state index in [0.717, 1.165) is 5.56 Å². The van der Waals surface area contributed by atoms with Crippen molar-refractivity contribution < 1.29 is 23.4 Å². The molecule has 7 heteroatoms. The second-order valence-corrected chi connectivity index (χ2v) is 22.5. The van der Waals surface area contributed by atoms with E-state index in [1.807, 2.05) is 30.3 Å². The Labute approximate surface area is 255 Å². The molecule has 42 heavy (non-hydrogen) atoms. The predicted octanol–water partition coefficient (Wildman–Crippen LogP) is 6.30. The van der Waals surface area contributed by atoms with Gasteiger partial charge < -0.3 is 23.4 Å². The van der Waals surface area contributed by atoms with Gasteiger partial charge in [0, 0.05) is 13.0 Å². The van der Waals surface area contributed by atoms with Crippen LogP contribution in [-0.4, -0.2) is 58.9 Å². The number of hydrogen-bond donors (Lipinski definition) is 1. The van der Waals surface area contributed by atoms with Crippen LogP contribution in [0.4, 0.5) is 0 Å². The van der Waals surface area contributed by atoms with E-state index in [-0.39, 0.29) is 11.1 Å². The van der Waals surface area contributed by atoms with Gasteiger partial charge in [-0.15, -0.1) is 0 Å². The Hall–Kier alpha value is -2.11. The largest absolute Gasteiger partial charge is 0.410 e. The summed E-state index contributed by atoms with van der Waals surface area (Å²) in [5, 5.41) is 13.8. The Morgan fingerprint density at radius 3 is 1.88 bits per heavy atom. The standard InChI is InChI=1S/C35H50O5Si2/c1-34(2,3)42(29-19-13-9-14-20-29,30-21-15-10-16-22-30)38-27-32-31(36)25-35(4,40-41(5,6)7)33(39-32)23-24-37-26-28-17-11-8-12-18-28/h8-22,31-33,36H,23-27H2,1-7H3/t31-,32+,33-,35+/m0/s1. The molecule has 1 aliphatic heterocycles. The number of aliphatic hydroxyl groups excluding tert-OH is 1. The average Bonchev–Trinajstić information content (AvgIpc) is 2.93. The first-order valence-electron chi connectivity index (χ1n) is 15.2. The predicted molar refractivity (Wildman–Crippen MR) is 176 cm³/mol. The van der Waals surface area contributed by atoms with Crippen LogP contribution in [0.3, 0.4) is 0 Å². The highest BCUT2D eigenvalue weighted by Crippen LogP contribution is 2.40. The Kier molecular flexibility index (Phi) is 10.7.